The molecule has 0 spiro atoms. The lowest BCUT2D eigenvalue weighted by molar-refractivity contribution is 0.0913. The van der Waals surface area contributed by atoms with Crippen LogP contribution in [0.15, 0.2) is 18.2 Å². The number of aromatic nitrogens is 1. The Labute approximate surface area is 107 Å². The molecule has 1 saturated carbocycles. The van der Waals surface area contributed by atoms with Crippen LogP contribution in [0.2, 0.25) is 0 Å². The zero-order valence-electron chi connectivity index (χ0n) is 10.7. The first-order valence-corrected chi connectivity index (χ1v) is 6.62. The quantitative estimate of drug-likeness (QED) is 0.838. The Balaban J connectivity index is 1.95. The van der Waals surface area contributed by atoms with Crippen molar-refractivity contribution in [3.63, 3.8) is 0 Å². The Morgan fingerprint density at radius 2 is 2.33 bits per heavy atom. The normalized spacial score (nSPS) is 23.7. The lowest BCUT2D eigenvalue weighted by atomic mass is 9.84. The van der Waals surface area contributed by atoms with Gasteiger partial charge in [0.25, 0.3) is 5.91 Å². The summed E-state index contributed by atoms with van der Waals surface area (Å²) < 4.78 is 12.9. The van der Waals surface area contributed by atoms with Crippen LogP contribution >= 0.6 is 0 Å². The standard InChI is InChI=1S/C14H19FN2O/c1-2-10-5-3-6-11(9-10)16-14(18)12-7-4-8-13(15)17-12/h4,7-8,10-11H,2-3,5-6,9H2,1H3,(H,16,18). The fourth-order valence-electron chi connectivity index (χ4n) is 2.59. The number of hydrogen-bond donors (Lipinski definition) is 1. The summed E-state index contributed by atoms with van der Waals surface area (Å²) in [5.74, 6) is -0.182. The molecule has 1 fully saturated rings. The first-order chi connectivity index (χ1) is 8.69. The number of halogens is 1. The molecule has 0 aliphatic heterocycles. The predicted octanol–water partition coefficient (Wildman–Crippen LogP) is 2.92. The minimum Gasteiger partial charge on any atom is -0.348 e. The van der Waals surface area contributed by atoms with E-state index >= 15 is 0 Å². The molecule has 0 aromatic carbocycles. The van der Waals surface area contributed by atoms with Gasteiger partial charge in [0, 0.05) is 6.04 Å². The van der Waals surface area contributed by atoms with Crippen LogP contribution in [0, 0.1) is 11.9 Å². The number of hydrogen-bond acceptors (Lipinski definition) is 2. The van der Waals surface area contributed by atoms with E-state index in [0.29, 0.717) is 5.92 Å². The van der Waals surface area contributed by atoms with Crippen LogP contribution in [-0.4, -0.2) is 16.9 Å². The van der Waals surface area contributed by atoms with E-state index in [1.807, 2.05) is 0 Å². The maximum absolute atomic E-state index is 12.9. The lowest BCUT2D eigenvalue weighted by Gasteiger charge is -2.28. The van der Waals surface area contributed by atoms with Crippen molar-refractivity contribution in [1.29, 1.82) is 0 Å². The molecule has 4 heteroatoms. The van der Waals surface area contributed by atoms with Gasteiger partial charge < -0.3 is 5.32 Å². The van der Waals surface area contributed by atoms with Crippen LogP contribution in [0.25, 0.3) is 0 Å². The van der Waals surface area contributed by atoms with Gasteiger partial charge in [-0.05, 0) is 30.9 Å². The molecule has 0 saturated heterocycles. The molecule has 1 heterocycles. The van der Waals surface area contributed by atoms with Gasteiger partial charge in [-0.15, -0.1) is 0 Å². The van der Waals surface area contributed by atoms with Gasteiger partial charge in [-0.1, -0.05) is 32.3 Å². The van der Waals surface area contributed by atoms with Crippen LogP contribution in [0.5, 0.6) is 0 Å². The molecule has 1 N–H and O–H groups in total. The summed E-state index contributed by atoms with van der Waals surface area (Å²) >= 11 is 0. The predicted molar refractivity (Wildman–Crippen MR) is 67.7 cm³/mol. The highest BCUT2D eigenvalue weighted by molar-refractivity contribution is 5.92. The van der Waals surface area contributed by atoms with E-state index in [1.165, 1.54) is 18.6 Å². The minimum absolute atomic E-state index is 0.161. The maximum Gasteiger partial charge on any atom is 0.270 e. The number of amides is 1. The average Bonchev–Trinajstić information content (AvgIpc) is 2.39. The number of rotatable bonds is 3. The van der Waals surface area contributed by atoms with E-state index in [4.69, 9.17) is 0 Å². The largest absolute Gasteiger partial charge is 0.348 e. The van der Waals surface area contributed by atoms with Gasteiger partial charge in [0.1, 0.15) is 5.69 Å². The molecule has 1 amide bonds. The summed E-state index contributed by atoms with van der Waals surface area (Å²) in [5, 5.41) is 2.96. The van der Waals surface area contributed by atoms with E-state index in [1.54, 1.807) is 6.07 Å². The first kappa shape index (κ1) is 13.0. The molecule has 2 atom stereocenters. The Bertz CT molecular complexity index is 422. The highest BCUT2D eigenvalue weighted by Crippen LogP contribution is 2.26. The van der Waals surface area contributed by atoms with Crippen molar-refractivity contribution in [1.82, 2.24) is 10.3 Å². The van der Waals surface area contributed by atoms with Crippen LogP contribution in [-0.2, 0) is 0 Å². The molecule has 1 aromatic rings. The molecule has 1 aromatic heterocycles. The topological polar surface area (TPSA) is 42.0 Å². The van der Waals surface area contributed by atoms with E-state index in [-0.39, 0.29) is 17.6 Å². The van der Waals surface area contributed by atoms with Crippen LogP contribution in [0.1, 0.15) is 49.5 Å². The molecule has 1 aliphatic carbocycles. The van der Waals surface area contributed by atoms with Gasteiger partial charge in [-0.3, -0.25) is 4.79 Å². The monoisotopic (exact) mass is 250 g/mol. The second kappa shape index (κ2) is 5.94. The molecule has 2 unspecified atom stereocenters. The van der Waals surface area contributed by atoms with E-state index < -0.39 is 5.95 Å². The number of nitrogens with one attached hydrogen (secondary N) is 1. The van der Waals surface area contributed by atoms with Crippen LogP contribution in [0.3, 0.4) is 0 Å². The molecular weight excluding hydrogens is 231 g/mol. The lowest BCUT2D eigenvalue weighted by Crippen LogP contribution is -2.38. The highest BCUT2D eigenvalue weighted by Gasteiger charge is 2.22. The number of carbonyl (C=O) groups excluding carboxylic acids is 1. The summed E-state index contributed by atoms with van der Waals surface area (Å²) in [5.41, 5.74) is 0.161. The zero-order chi connectivity index (χ0) is 13.0. The molecule has 1 aliphatic rings. The SMILES string of the molecule is CCC1CCCC(NC(=O)c2cccc(F)n2)C1. The zero-order valence-corrected chi connectivity index (χ0v) is 10.7. The number of nitrogens with zero attached hydrogens (tertiary/aromatic N) is 1. The second-order valence-corrected chi connectivity index (χ2v) is 4.96. The van der Waals surface area contributed by atoms with Gasteiger partial charge in [0.15, 0.2) is 0 Å². The van der Waals surface area contributed by atoms with Crippen molar-refractivity contribution in [3.8, 4) is 0 Å². The fourth-order valence-corrected chi connectivity index (χ4v) is 2.59. The molecule has 98 valence electrons. The third-order valence-electron chi connectivity index (χ3n) is 3.64. The number of carbonyl (C=O) groups is 1. The number of pyridine rings is 1. The maximum atomic E-state index is 12.9. The summed E-state index contributed by atoms with van der Waals surface area (Å²) in [7, 11) is 0. The van der Waals surface area contributed by atoms with Crippen LogP contribution in [0.4, 0.5) is 4.39 Å². The molecule has 3 nitrogen and oxygen atoms in total. The summed E-state index contributed by atoms with van der Waals surface area (Å²) in [6.07, 6.45) is 5.60. The summed E-state index contributed by atoms with van der Waals surface area (Å²) in [6, 6.07) is 4.50. The average molecular weight is 250 g/mol. The summed E-state index contributed by atoms with van der Waals surface area (Å²) in [6.45, 7) is 2.18. The molecular formula is C14H19FN2O. The van der Waals surface area contributed by atoms with Crippen molar-refractivity contribution in [2.24, 2.45) is 5.92 Å². The van der Waals surface area contributed by atoms with E-state index in [2.05, 4.69) is 17.2 Å². The van der Waals surface area contributed by atoms with E-state index in [0.717, 1.165) is 25.7 Å². The minimum atomic E-state index is -0.613. The van der Waals surface area contributed by atoms with Gasteiger partial charge >= 0.3 is 0 Å². The van der Waals surface area contributed by atoms with Crippen molar-refractivity contribution >= 4 is 5.91 Å². The Hall–Kier alpha value is -1.45. The highest BCUT2D eigenvalue weighted by atomic mass is 19.1. The van der Waals surface area contributed by atoms with Gasteiger partial charge in [-0.2, -0.15) is 4.39 Å². The summed E-state index contributed by atoms with van der Waals surface area (Å²) in [4.78, 5) is 15.5. The second-order valence-electron chi connectivity index (χ2n) is 4.96. The van der Waals surface area contributed by atoms with Crippen molar-refractivity contribution in [3.05, 3.63) is 29.8 Å². The third-order valence-corrected chi connectivity index (χ3v) is 3.64. The van der Waals surface area contributed by atoms with Crippen molar-refractivity contribution < 1.29 is 9.18 Å². The Morgan fingerprint density at radius 1 is 1.50 bits per heavy atom. The smallest absolute Gasteiger partial charge is 0.270 e. The molecule has 18 heavy (non-hydrogen) atoms. The Kier molecular flexibility index (Phi) is 4.28. The van der Waals surface area contributed by atoms with Crippen LogP contribution < -0.4 is 5.32 Å². The fraction of sp³-hybridized carbons (Fsp3) is 0.571. The molecule has 0 radical (unpaired) electrons. The van der Waals surface area contributed by atoms with Crippen molar-refractivity contribution in [2.75, 3.05) is 0 Å². The van der Waals surface area contributed by atoms with E-state index in [9.17, 15) is 9.18 Å². The van der Waals surface area contributed by atoms with Gasteiger partial charge in [0.05, 0.1) is 0 Å². The van der Waals surface area contributed by atoms with Gasteiger partial charge in [-0.25, -0.2) is 4.98 Å². The molecule has 0 bridgehead atoms. The van der Waals surface area contributed by atoms with Gasteiger partial charge in [0.2, 0.25) is 5.95 Å². The van der Waals surface area contributed by atoms with Crippen molar-refractivity contribution in [2.45, 2.75) is 45.1 Å². The molecule has 2 rings (SSSR count). The first-order valence-electron chi connectivity index (χ1n) is 6.62. The third kappa shape index (κ3) is 3.28. The Morgan fingerprint density at radius 3 is 3.06 bits per heavy atom.